The van der Waals surface area contributed by atoms with Crippen molar-refractivity contribution in [1.82, 2.24) is 4.90 Å². The topological polar surface area (TPSA) is 38.8 Å². The molecule has 7 heteroatoms. The molecule has 1 aliphatic heterocycles. The van der Waals surface area contributed by atoms with Gasteiger partial charge in [-0.25, -0.2) is 0 Å². The maximum absolute atomic E-state index is 12.3. The molecule has 24 heavy (non-hydrogen) atoms. The van der Waals surface area contributed by atoms with Crippen molar-refractivity contribution in [3.8, 4) is 11.5 Å². The van der Waals surface area contributed by atoms with E-state index < -0.39 is 0 Å². The van der Waals surface area contributed by atoms with Gasteiger partial charge in [-0.2, -0.15) is 0 Å². The zero-order valence-corrected chi connectivity index (χ0v) is 16.5. The van der Waals surface area contributed by atoms with Gasteiger partial charge in [0, 0.05) is 6.54 Å². The van der Waals surface area contributed by atoms with E-state index in [1.807, 2.05) is 33.8 Å². The van der Waals surface area contributed by atoms with Crippen LogP contribution >= 0.6 is 35.6 Å². The van der Waals surface area contributed by atoms with Gasteiger partial charge in [-0.1, -0.05) is 35.6 Å². The number of ether oxygens (including phenoxy) is 2. The first-order chi connectivity index (χ1) is 11.4. The van der Waals surface area contributed by atoms with Crippen molar-refractivity contribution in [1.29, 1.82) is 0 Å². The Morgan fingerprint density at radius 1 is 1.38 bits per heavy atom. The van der Waals surface area contributed by atoms with Crippen molar-refractivity contribution in [3.63, 3.8) is 0 Å². The molecule has 1 aromatic carbocycles. The van der Waals surface area contributed by atoms with Gasteiger partial charge in [-0.05, 0) is 51.5 Å². The summed E-state index contributed by atoms with van der Waals surface area (Å²) in [4.78, 5) is 14.5. The lowest BCUT2D eigenvalue weighted by Gasteiger charge is -2.16. The Labute approximate surface area is 157 Å². The number of likely N-dealkylation sites (N-methyl/N-ethyl adjacent to an activating group) is 1. The second-order valence-corrected chi connectivity index (χ2v) is 7.44. The zero-order chi connectivity index (χ0) is 17.9. The quantitative estimate of drug-likeness (QED) is 0.522. The normalized spacial score (nSPS) is 16.4. The Kier molecular flexibility index (Phi) is 6.54. The van der Waals surface area contributed by atoms with Crippen LogP contribution in [0.1, 0.15) is 33.3 Å². The molecular weight excluding hydrogens is 366 g/mol. The first-order valence-electron chi connectivity index (χ1n) is 7.75. The van der Waals surface area contributed by atoms with Crippen molar-refractivity contribution < 1.29 is 14.3 Å². The molecule has 0 atom stereocenters. The molecule has 130 valence electrons. The van der Waals surface area contributed by atoms with Crippen LogP contribution in [0.5, 0.6) is 11.5 Å². The Morgan fingerprint density at radius 3 is 2.62 bits per heavy atom. The van der Waals surface area contributed by atoms with Crippen LogP contribution in [0.25, 0.3) is 6.08 Å². The average molecular weight is 386 g/mol. The minimum atomic E-state index is -0.0795. The van der Waals surface area contributed by atoms with Gasteiger partial charge in [-0.3, -0.25) is 9.69 Å². The molecule has 0 bridgehead atoms. The largest absolute Gasteiger partial charge is 0.490 e. The van der Waals surface area contributed by atoms with E-state index in [1.54, 1.807) is 17.0 Å². The van der Waals surface area contributed by atoms with E-state index in [-0.39, 0.29) is 12.0 Å². The molecular formula is C17H20ClNO3S2. The molecule has 1 amide bonds. The van der Waals surface area contributed by atoms with E-state index in [0.29, 0.717) is 38.9 Å². The number of hydrogen-bond donors (Lipinski definition) is 0. The van der Waals surface area contributed by atoms with Gasteiger partial charge in [0.15, 0.2) is 11.5 Å². The summed E-state index contributed by atoms with van der Waals surface area (Å²) in [5.41, 5.74) is 0.774. The van der Waals surface area contributed by atoms with Crippen molar-refractivity contribution in [2.75, 3.05) is 13.2 Å². The highest BCUT2D eigenvalue weighted by Gasteiger charge is 2.30. The lowest BCUT2D eigenvalue weighted by molar-refractivity contribution is -0.121. The van der Waals surface area contributed by atoms with E-state index >= 15 is 0 Å². The fourth-order valence-corrected chi connectivity index (χ4v) is 3.86. The molecule has 4 nitrogen and oxygen atoms in total. The predicted octanol–water partition coefficient (Wildman–Crippen LogP) is 4.75. The number of carbonyl (C=O) groups excluding carboxylic acids is 1. The van der Waals surface area contributed by atoms with Crippen molar-refractivity contribution in [2.24, 2.45) is 0 Å². The third-order valence-electron chi connectivity index (χ3n) is 3.17. The standard InChI is InChI=1S/C17H20ClNO3S2/c1-5-19-16(20)14(24-17(19)23)9-11-7-12(18)15(22-10(3)4)13(8-11)21-6-2/h7-10H,5-6H2,1-4H3. The van der Waals surface area contributed by atoms with Gasteiger partial charge >= 0.3 is 0 Å². The van der Waals surface area contributed by atoms with Gasteiger partial charge in [0.2, 0.25) is 0 Å². The number of halogens is 1. The SMILES string of the molecule is CCOc1cc(C=C2SC(=S)N(CC)C2=O)cc(Cl)c1OC(C)C. The Balaban J connectivity index is 2.40. The number of nitrogens with zero attached hydrogens (tertiary/aromatic N) is 1. The highest BCUT2D eigenvalue weighted by molar-refractivity contribution is 8.26. The number of hydrogen-bond acceptors (Lipinski definition) is 5. The maximum atomic E-state index is 12.3. The summed E-state index contributed by atoms with van der Waals surface area (Å²) in [7, 11) is 0. The summed E-state index contributed by atoms with van der Waals surface area (Å²) in [6, 6.07) is 3.59. The minimum absolute atomic E-state index is 0.0200. The van der Waals surface area contributed by atoms with Gasteiger partial charge in [0.1, 0.15) is 4.32 Å². The Bertz CT molecular complexity index is 689. The number of rotatable bonds is 6. The Hall–Kier alpha value is -1.24. The molecule has 1 aromatic rings. The molecule has 1 heterocycles. The number of thioether (sulfide) groups is 1. The van der Waals surface area contributed by atoms with E-state index in [9.17, 15) is 4.79 Å². The van der Waals surface area contributed by atoms with E-state index in [1.165, 1.54) is 11.8 Å². The van der Waals surface area contributed by atoms with Gasteiger partial charge < -0.3 is 9.47 Å². The van der Waals surface area contributed by atoms with Crippen LogP contribution in [-0.2, 0) is 4.79 Å². The van der Waals surface area contributed by atoms with Crippen molar-refractivity contribution in [2.45, 2.75) is 33.8 Å². The summed E-state index contributed by atoms with van der Waals surface area (Å²) in [6.07, 6.45) is 1.76. The highest BCUT2D eigenvalue weighted by Crippen LogP contribution is 2.39. The molecule has 0 unspecified atom stereocenters. The monoisotopic (exact) mass is 385 g/mol. The first kappa shape index (κ1) is 19.1. The lowest BCUT2D eigenvalue weighted by Crippen LogP contribution is -2.27. The zero-order valence-electron chi connectivity index (χ0n) is 14.1. The fraction of sp³-hybridized carbons (Fsp3) is 0.412. The van der Waals surface area contributed by atoms with Crippen LogP contribution in [0.2, 0.25) is 5.02 Å². The van der Waals surface area contributed by atoms with Crippen LogP contribution in [0, 0.1) is 0 Å². The summed E-state index contributed by atoms with van der Waals surface area (Å²) in [5.74, 6) is 1.01. The molecule has 0 aliphatic carbocycles. The van der Waals surface area contributed by atoms with Crippen LogP contribution in [0.4, 0.5) is 0 Å². The smallest absolute Gasteiger partial charge is 0.266 e. The van der Waals surface area contributed by atoms with Gasteiger partial charge in [-0.15, -0.1) is 0 Å². The molecule has 0 aromatic heterocycles. The number of thiocarbonyl (C=S) groups is 1. The molecule has 1 fully saturated rings. The molecule has 0 radical (unpaired) electrons. The summed E-state index contributed by atoms with van der Waals surface area (Å²) >= 11 is 12.9. The Morgan fingerprint density at radius 2 is 2.08 bits per heavy atom. The third-order valence-corrected chi connectivity index (χ3v) is 4.83. The number of benzene rings is 1. The summed E-state index contributed by atoms with van der Waals surface area (Å²) in [5, 5.41) is 0.451. The molecule has 1 aliphatic rings. The molecule has 0 spiro atoms. The van der Waals surface area contributed by atoms with Crippen LogP contribution in [-0.4, -0.2) is 34.4 Å². The predicted molar refractivity (Wildman–Crippen MR) is 104 cm³/mol. The van der Waals surface area contributed by atoms with E-state index in [4.69, 9.17) is 33.3 Å². The maximum Gasteiger partial charge on any atom is 0.266 e. The minimum Gasteiger partial charge on any atom is -0.490 e. The summed E-state index contributed by atoms with van der Waals surface area (Å²) in [6.45, 7) is 8.70. The third kappa shape index (κ3) is 4.23. The van der Waals surface area contributed by atoms with E-state index in [2.05, 4.69) is 0 Å². The van der Waals surface area contributed by atoms with Crippen molar-refractivity contribution >= 4 is 51.9 Å². The molecule has 1 saturated heterocycles. The molecule has 0 N–H and O–H groups in total. The number of carbonyl (C=O) groups is 1. The number of amides is 1. The van der Waals surface area contributed by atoms with Crippen LogP contribution in [0.15, 0.2) is 17.0 Å². The second kappa shape index (κ2) is 8.23. The highest BCUT2D eigenvalue weighted by atomic mass is 35.5. The summed E-state index contributed by atoms with van der Waals surface area (Å²) < 4.78 is 12.0. The lowest BCUT2D eigenvalue weighted by atomic mass is 10.1. The first-order valence-corrected chi connectivity index (χ1v) is 9.36. The van der Waals surface area contributed by atoms with Crippen LogP contribution in [0.3, 0.4) is 0 Å². The van der Waals surface area contributed by atoms with Gasteiger partial charge in [0.05, 0.1) is 22.6 Å². The van der Waals surface area contributed by atoms with Crippen LogP contribution < -0.4 is 9.47 Å². The van der Waals surface area contributed by atoms with Crippen molar-refractivity contribution in [3.05, 3.63) is 27.6 Å². The van der Waals surface area contributed by atoms with E-state index in [0.717, 1.165) is 5.56 Å². The second-order valence-electron chi connectivity index (χ2n) is 5.36. The molecule has 0 saturated carbocycles. The fourth-order valence-electron chi connectivity index (χ4n) is 2.21. The molecule has 2 rings (SSSR count). The van der Waals surface area contributed by atoms with Gasteiger partial charge in [0.25, 0.3) is 5.91 Å². The average Bonchev–Trinajstić information content (AvgIpc) is 2.76.